The Morgan fingerprint density at radius 3 is 2.62 bits per heavy atom. The molecule has 1 aliphatic rings. The molecule has 1 aliphatic heterocycles. The van der Waals surface area contributed by atoms with Gasteiger partial charge >= 0.3 is 11.8 Å². The minimum absolute atomic E-state index is 0.134. The number of nitrogens with one attached hydrogen (secondary N) is 2. The van der Waals surface area contributed by atoms with Gasteiger partial charge < -0.3 is 25.2 Å². The highest BCUT2D eigenvalue weighted by Gasteiger charge is 2.18. The van der Waals surface area contributed by atoms with Crippen molar-refractivity contribution in [1.29, 1.82) is 0 Å². The van der Waals surface area contributed by atoms with E-state index in [1.54, 1.807) is 18.2 Å². The molecule has 7 nitrogen and oxygen atoms in total. The molecular weight excluding hydrogens is 392 g/mol. The Morgan fingerprint density at radius 2 is 1.79 bits per heavy atom. The molecule has 0 fully saturated rings. The first-order valence-electron chi connectivity index (χ1n) is 8.90. The lowest BCUT2D eigenvalue weighted by atomic mass is 10.1. The van der Waals surface area contributed by atoms with Crippen LogP contribution in [-0.4, -0.2) is 23.7 Å². The SMILES string of the molecule is O=C(NCc1ccc([C@@H](O)c2ccccc2)s1)C(=O)Nc1ccc2c(c1)OCO2. The number of hydrogen-bond donors (Lipinski definition) is 3. The summed E-state index contributed by atoms with van der Waals surface area (Å²) in [5.41, 5.74) is 1.24. The number of carbonyl (C=O) groups excluding carboxylic acids is 2. The summed E-state index contributed by atoms with van der Waals surface area (Å²) in [6, 6.07) is 17.9. The van der Waals surface area contributed by atoms with Gasteiger partial charge in [0.05, 0.1) is 6.54 Å². The summed E-state index contributed by atoms with van der Waals surface area (Å²) in [4.78, 5) is 25.8. The van der Waals surface area contributed by atoms with Gasteiger partial charge in [-0.1, -0.05) is 30.3 Å². The molecule has 148 valence electrons. The van der Waals surface area contributed by atoms with E-state index < -0.39 is 17.9 Å². The number of carbonyl (C=O) groups is 2. The Labute approximate surface area is 170 Å². The Hall–Kier alpha value is -3.36. The van der Waals surface area contributed by atoms with Gasteiger partial charge in [-0.25, -0.2) is 0 Å². The van der Waals surface area contributed by atoms with E-state index in [9.17, 15) is 14.7 Å². The Bertz CT molecular complexity index is 1030. The molecule has 29 heavy (non-hydrogen) atoms. The normalized spacial score (nSPS) is 13.0. The molecule has 4 rings (SSSR count). The second kappa shape index (κ2) is 8.34. The van der Waals surface area contributed by atoms with Gasteiger partial charge in [-0.2, -0.15) is 0 Å². The molecule has 1 aromatic heterocycles. The van der Waals surface area contributed by atoms with E-state index in [0.29, 0.717) is 17.2 Å². The quantitative estimate of drug-likeness (QED) is 0.562. The average molecular weight is 410 g/mol. The van der Waals surface area contributed by atoms with E-state index in [4.69, 9.17) is 9.47 Å². The van der Waals surface area contributed by atoms with Gasteiger partial charge in [-0.15, -0.1) is 11.3 Å². The van der Waals surface area contributed by atoms with Gasteiger partial charge in [0.2, 0.25) is 6.79 Å². The van der Waals surface area contributed by atoms with Crippen LogP contribution < -0.4 is 20.1 Å². The van der Waals surface area contributed by atoms with Gasteiger partial charge in [0.25, 0.3) is 0 Å². The van der Waals surface area contributed by atoms with Crippen LogP contribution in [0.3, 0.4) is 0 Å². The number of hydrogen-bond acceptors (Lipinski definition) is 6. The number of benzene rings is 2. The van der Waals surface area contributed by atoms with E-state index in [-0.39, 0.29) is 13.3 Å². The highest BCUT2D eigenvalue weighted by atomic mass is 32.1. The van der Waals surface area contributed by atoms with Crippen molar-refractivity contribution in [1.82, 2.24) is 5.32 Å². The number of aliphatic hydroxyl groups excluding tert-OH is 1. The molecule has 2 amide bonds. The van der Waals surface area contributed by atoms with Crippen LogP contribution in [0.4, 0.5) is 5.69 Å². The van der Waals surface area contributed by atoms with Gasteiger partial charge in [0.15, 0.2) is 11.5 Å². The predicted molar refractivity (Wildman–Crippen MR) is 108 cm³/mol. The fraction of sp³-hybridized carbons (Fsp3) is 0.143. The van der Waals surface area contributed by atoms with Gasteiger partial charge in [-0.3, -0.25) is 9.59 Å². The highest BCUT2D eigenvalue weighted by Crippen LogP contribution is 2.34. The minimum Gasteiger partial charge on any atom is -0.454 e. The number of anilines is 1. The third-order valence-corrected chi connectivity index (χ3v) is 5.46. The Balaban J connectivity index is 1.31. The third kappa shape index (κ3) is 4.39. The molecule has 0 aliphatic carbocycles. The maximum atomic E-state index is 12.1. The van der Waals surface area contributed by atoms with Gasteiger partial charge in [-0.05, 0) is 29.8 Å². The number of ether oxygens (including phenoxy) is 2. The van der Waals surface area contributed by atoms with Crippen LogP contribution in [0.5, 0.6) is 11.5 Å². The van der Waals surface area contributed by atoms with Crippen molar-refractivity contribution in [3.63, 3.8) is 0 Å². The zero-order chi connectivity index (χ0) is 20.2. The van der Waals surface area contributed by atoms with Crippen LogP contribution >= 0.6 is 11.3 Å². The van der Waals surface area contributed by atoms with Crippen molar-refractivity contribution in [2.24, 2.45) is 0 Å². The van der Waals surface area contributed by atoms with Gasteiger partial charge in [0.1, 0.15) is 6.10 Å². The van der Waals surface area contributed by atoms with Crippen LogP contribution in [0.15, 0.2) is 60.7 Å². The van der Waals surface area contributed by atoms with E-state index >= 15 is 0 Å². The van der Waals surface area contributed by atoms with Gasteiger partial charge in [0, 0.05) is 21.5 Å². The fourth-order valence-electron chi connectivity index (χ4n) is 2.85. The molecule has 3 aromatic rings. The first-order chi connectivity index (χ1) is 14.1. The van der Waals surface area contributed by atoms with Crippen molar-refractivity contribution in [2.45, 2.75) is 12.6 Å². The summed E-state index contributed by atoms with van der Waals surface area (Å²) in [6.07, 6.45) is -0.722. The van der Waals surface area contributed by atoms with Crippen LogP contribution in [0.1, 0.15) is 21.4 Å². The molecule has 3 N–H and O–H groups in total. The van der Waals surface area contributed by atoms with Crippen LogP contribution in [0.2, 0.25) is 0 Å². The molecule has 0 radical (unpaired) electrons. The second-order valence-electron chi connectivity index (χ2n) is 6.32. The lowest BCUT2D eigenvalue weighted by Crippen LogP contribution is -2.34. The molecule has 0 saturated heterocycles. The first-order valence-corrected chi connectivity index (χ1v) is 9.72. The maximum Gasteiger partial charge on any atom is 0.313 e. The molecule has 0 bridgehead atoms. The molecule has 8 heteroatoms. The van der Waals surface area contributed by atoms with E-state index in [2.05, 4.69) is 10.6 Å². The molecular formula is C21H18N2O5S. The lowest BCUT2D eigenvalue weighted by molar-refractivity contribution is -0.136. The standard InChI is InChI=1S/C21H18N2O5S/c24-19(13-4-2-1-3-5-13)18-9-7-15(29-18)11-22-20(25)21(26)23-14-6-8-16-17(10-14)28-12-27-16/h1-10,19,24H,11-12H2,(H,22,25)(H,23,26)/t19-/m0/s1. The summed E-state index contributed by atoms with van der Waals surface area (Å²) >= 11 is 1.38. The zero-order valence-corrected chi connectivity index (χ0v) is 16.1. The third-order valence-electron chi connectivity index (χ3n) is 4.33. The summed E-state index contributed by atoms with van der Waals surface area (Å²) in [7, 11) is 0. The maximum absolute atomic E-state index is 12.1. The fourth-order valence-corrected chi connectivity index (χ4v) is 3.81. The molecule has 0 saturated carbocycles. The van der Waals surface area contributed by atoms with Crippen LogP contribution in [-0.2, 0) is 16.1 Å². The van der Waals surface area contributed by atoms with Crippen molar-refractivity contribution in [3.05, 3.63) is 76.0 Å². The number of thiophene rings is 1. The largest absolute Gasteiger partial charge is 0.454 e. The highest BCUT2D eigenvalue weighted by molar-refractivity contribution is 7.12. The van der Waals surface area contributed by atoms with Crippen molar-refractivity contribution < 1.29 is 24.2 Å². The average Bonchev–Trinajstić information content (AvgIpc) is 3.41. The molecule has 2 aromatic carbocycles. The monoisotopic (exact) mass is 410 g/mol. The molecule has 0 spiro atoms. The smallest absolute Gasteiger partial charge is 0.313 e. The zero-order valence-electron chi connectivity index (χ0n) is 15.3. The van der Waals surface area contributed by atoms with Crippen molar-refractivity contribution in [2.75, 3.05) is 12.1 Å². The first kappa shape index (κ1) is 19.0. The molecule has 1 atom stereocenters. The molecule has 2 heterocycles. The number of aliphatic hydroxyl groups is 1. The second-order valence-corrected chi connectivity index (χ2v) is 7.52. The van der Waals surface area contributed by atoms with Crippen molar-refractivity contribution in [3.8, 4) is 11.5 Å². The predicted octanol–water partition coefficient (Wildman–Crippen LogP) is 2.81. The van der Waals surface area contributed by atoms with Crippen molar-refractivity contribution >= 4 is 28.8 Å². The molecule has 0 unspecified atom stereocenters. The summed E-state index contributed by atoms with van der Waals surface area (Å²) in [6.45, 7) is 0.328. The summed E-state index contributed by atoms with van der Waals surface area (Å²) in [5.74, 6) is -0.406. The Kier molecular flexibility index (Phi) is 5.46. The lowest BCUT2D eigenvalue weighted by Gasteiger charge is -2.08. The van der Waals surface area contributed by atoms with E-state index in [1.807, 2.05) is 42.5 Å². The number of rotatable bonds is 5. The number of fused-ring (bicyclic) bond motifs is 1. The topological polar surface area (TPSA) is 96.9 Å². The summed E-state index contributed by atoms with van der Waals surface area (Å²) in [5, 5.41) is 15.6. The Morgan fingerprint density at radius 1 is 1.00 bits per heavy atom. The number of amides is 2. The summed E-state index contributed by atoms with van der Waals surface area (Å²) < 4.78 is 10.5. The van der Waals surface area contributed by atoms with Crippen LogP contribution in [0, 0.1) is 0 Å². The van der Waals surface area contributed by atoms with Crippen LogP contribution in [0.25, 0.3) is 0 Å². The van der Waals surface area contributed by atoms with E-state index in [1.165, 1.54) is 11.3 Å². The van der Waals surface area contributed by atoms with E-state index in [0.717, 1.165) is 15.3 Å². The minimum atomic E-state index is -0.773.